The summed E-state index contributed by atoms with van der Waals surface area (Å²) in [5, 5.41) is 22.5. The first-order valence-corrected chi connectivity index (χ1v) is 9.89. The first-order chi connectivity index (χ1) is 13.5. The third-order valence-corrected chi connectivity index (χ3v) is 5.73. The standard InChI is InChI=1S/C18H13N5O3S2/c1-11-9-16(22(21-11)12-4-6-13(7-5-12)23(25)26)20-17(24)14-10-28-18(19-14)15-3-2-8-27-15/h2-10H,1H3,(H,20,24). The average molecular weight is 411 g/mol. The number of nitro groups is 1. The van der Waals surface area contributed by atoms with Gasteiger partial charge in [-0.15, -0.1) is 22.7 Å². The average Bonchev–Trinajstić information content (AvgIpc) is 3.42. The van der Waals surface area contributed by atoms with Crippen LogP contribution in [0.25, 0.3) is 15.6 Å². The van der Waals surface area contributed by atoms with Crippen LogP contribution in [0.2, 0.25) is 0 Å². The fraction of sp³-hybridized carbons (Fsp3) is 0.0556. The van der Waals surface area contributed by atoms with Crippen LogP contribution < -0.4 is 5.32 Å². The van der Waals surface area contributed by atoms with Crippen LogP contribution in [0.4, 0.5) is 11.5 Å². The van der Waals surface area contributed by atoms with Crippen molar-refractivity contribution in [1.29, 1.82) is 0 Å². The second-order valence-corrected chi connectivity index (χ2v) is 7.63. The van der Waals surface area contributed by atoms with Crippen molar-refractivity contribution in [3.63, 3.8) is 0 Å². The van der Waals surface area contributed by atoms with Crippen LogP contribution in [-0.4, -0.2) is 25.6 Å². The lowest BCUT2D eigenvalue weighted by Gasteiger charge is -2.08. The van der Waals surface area contributed by atoms with Gasteiger partial charge in [0.25, 0.3) is 11.6 Å². The van der Waals surface area contributed by atoms with Gasteiger partial charge in [0.05, 0.1) is 21.2 Å². The minimum absolute atomic E-state index is 0.0122. The Labute approximate surface area is 167 Å². The summed E-state index contributed by atoms with van der Waals surface area (Å²) in [7, 11) is 0. The highest BCUT2D eigenvalue weighted by Crippen LogP contribution is 2.28. The van der Waals surface area contributed by atoms with Gasteiger partial charge in [0.2, 0.25) is 0 Å². The Kier molecular flexibility index (Phi) is 4.72. The smallest absolute Gasteiger partial charge is 0.276 e. The molecule has 0 spiro atoms. The van der Waals surface area contributed by atoms with E-state index in [4.69, 9.17) is 0 Å². The molecular weight excluding hydrogens is 398 g/mol. The zero-order valence-corrected chi connectivity index (χ0v) is 16.2. The SMILES string of the molecule is Cc1cc(NC(=O)c2csc(-c3cccs3)n2)n(-c2ccc([N+](=O)[O-])cc2)n1. The Morgan fingerprint density at radius 2 is 2.00 bits per heavy atom. The van der Waals surface area contributed by atoms with Gasteiger partial charge in [-0.1, -0.05) is 6.07 Å². The number of benzene rings is 1. The summed E-state index contributed by atoms with van der Waals surface area (Å²) >= 11 is 2.97. The van der Waals surface area contributed by atoms with E-state index in [1.807, 2.05) is 17.5 Å². The van der Waals surface area contributed by atoms with Gasteiger partial charge in [0.15, 0.2) is 0 Å². The first kappa shape index (κ1) is 18.0. The second-order valence-electron chi connectivity index (χ2n) is 5.83. The third kappa shape index (κ3) is 3.55. The van der Waals surface area contributed by atoms with E-state index in [1.165, 1.54) is 28.2 Å². The van der Waals surface area contributed by atoms with Crippen LogP contribution in [-0.2, 0) is 0 Å². The van der Waals surface area contributed by atoms with E-state index in [0.717, 1.165) is 9.88 Å². The van der Waals surface area contributed by atoms with Crippen molar-refractivity contribution in [1.82, 2.24) is 14.8 Å². The number of aryl methyl sites for hydroxylation is 1. The Balaban J connectivity index is 1.58. The predicted molar refractivity (Wildman–Crippen MR) is 108 cm³/mol. The van der Waals surface area contributed by atoms with Crippen LogP contribution in [0.15, 0.2) is 53.2 Å². The molecule has 0 aliphatic rings. The van der Waals surface area contributed by atoms with Crippen LogP contribution >= 0.6 is 22.7 Å². The van der Waals surface area contributed by atoms with Crippen molar-refractivity contribution in [2.24, 2.45) is 0 Å². The quantitative estimate of drug-likeness (QED) is 0.384. The number of non-ortho nitro benzene ring substituents is 1. The van der Waals surface area contributed by atoms with Crippen LogP contribution in [0.5, 0.6) is 0 Å². The molecule has 3 heterocycles. The molecule has 3 aromatic heterocycles. The molecule has 0 saturated heterocycles. The lowest BCUT2D eigenvalue weighted by molar-refractivity contribution is -0.384. The van der Waals surface area contributed by atoms with E-state index in [1.54, 1.807) is 41.8 Å². The van der Waals surface area contributed by atoms with Crippen LogP contribution in [0.3, 0.4) is 0 Å². The molecule has 0 aliphatic carbocycles. The number of hydrogen-bond acceptors (Lipinski definition) is 7. The molecule has 0 radical (unpaired) electrons. The van der Waals surface area contributed by atoms with E-state index in [0.29, 0.717) is 22.9 Å². The molecule has 0 saturated carbocycles. The molecule has 4 aromatic rings. The Morgan fingerprint density at radius 1 is 1.21 bits per heavy atom. The van der Waals surface area contributed by atoms with Crippen molar-refractivity contribution in [2.45, 2.75) is 6.92 Å². The molecule has 0 aliphatic heterocycles. The normalized spacial score (nSPS) is 10.8. The van der Waals surface area contributed by atoms with Crippen LogP contribution in [0.1, 0.15) is 16.2 Å². The lowest BCUT2D eigenvalue weighted by atomic mass is 10.3. The Morgan fingerprint density at radius 3 is 2.68 bits per heavy atom. The molecular formula is C18H13N5O3S2. The Bertz CT molecular complexity index is 1150. The molecule has 1 N–H and O–H groups in total. The van der Waals surface area contributed by atoms with E-state index < -0.39 is 4.92 Å². The highest BCUT2D eigenvalue weighted by molar-refractivity contribution is 7.20. The number of anilines is 1. The largest absolute Gasteiger partial charge is 0.305 e. The summed E-state index contributed by atoms with van der Waals surface area (Å²) in [6, 6.07) is 11.6. The lowest BCUT2D eigenvalue weighted by Crippen LogP contribution is -2.15. The molecule has 0 atom stereocenters. The van der Waals surface area contributed by atoms with Crippen molar-refractivity contribution in [3.05, 3.63) is 74.7 Å². The molecule has 28 heavy (non-hydrogen) atoms. The second kappa shape index (κ2) is 7.33. The minimum Gasteiger partial charge on any atom is -0.305 e. The summed E-state index contributed by atoms with van der Waals surface area (Å²) in [5.74, 6) is 0.115. The summed E-state index contributed by atoms with van der Waals surface area (Å²) in [6.07, 6.45) is 0. The number of amides is 1. The van der Waals surface area contributed by atoms with Gasteiger partial charge in [0.1, 0.15) is 16.5 Å². The number of thiazole rings is 1. The number of nitrogens with one attached hydrogen (secondary N) is 1. The highest BCUT2D eigenvalue weighted by Gasteiger charge is 2.16. The summed E-state index contributed by atoms with van der Waals surface area (Å²) in [4.78, 5) is 28.4. The van der Waals surface area contributed by atoms with Gasteiger partial charge >= 0.3 is 0 Å². The van der Waals surface area contributed by atoms with E-state index >= 15 is 0 Å². The molecule has 0 fully saturated rings. The van der Waals surface area contributed by atoms with Gasteiger partial charge in [0, 0.05) is 23.6 Å². The fourth-order valence-electron chi connectivity index (χ4n) is 2.57. The molecule has 8 nitrogen and oxygen atoms in total. The van der Waals surface area contributed by atoms with Crippen molar-refractivity contribution < 1.29 is 9.72 Å². The van der Waals surface area contributed by atoms with Gasteiger partial charge in [-0.2, -0.15) is 5.10 Å². The number of nitro benzene ring substituents is 1. The fourth-order valence-corrected chi connectivity index (χ4v) is 4.19. The first-order valence-electron chi connectivity index (χ1n) is 8.13. The van der Waals surface area contributed by atoms with E-state index in [2.05, 4.69) is 15.4 Å². The summed E-state index contributed by atoms with van der Waals surface area (Å²) in [5.41, 5.74) is 1.61. The van der Waals surface area contributed by atoms with Crippen molar-refractivity contribution in [3.8, 4) is 15.6 Å². The van der Waals surface area contributed by atoms with Gasteiger partial charge < -0.3 is 5.32 Å². The minimum atomic E-state index is -0.464. The maximum atomic E-state index is 12.6. The zero-order valence-electron chi connectivity index (χ0n) is 14.5. The topological polar surface area (TPSA) is 103 Å². The molecule has 140 valence electrons. The number of carbonyl (C=O) groups is 1. The predicted octanol–water partition coefficient (Wildman–Crippen LogP) is 4.53. The molecule has 4 rings (SSSR count). The van der Waals surface area contributed by atoms with Gasteiger partial charge in [-0.05, 0) is 30.5 Å². The maximum Gasteiger partial charge on any atom is 0.276 e. The molecule has 0 unspecified atom stereocenters. The number of hydrogen-bond donors (Lipinski definition) is 1. The molecule has 0 bridgehead atoms. The maximum absolute atomic E-state index is 12.6. The number of thiophene rings is 1. The molecule has 1 amide bonds. The Hall–Kier alpha value is -3.37. The van der Waals surface area contributed by atoms with Gasteiger partial charge in [-0.25, -0.2) is 9.67 Å². The molecule has 1 aromatic carbocycles. The number of nitrogens with zero attached hydrogens (tertiary/aromatic N) is 4. The number of carbonyl (C=O) groups excluding carboxylic acids is 1. The summed E-state index contributed by atoms with van der Waals surface area (Å²) in [6.45, 7) is 1.80. The zero-order chi connectivity index (χ0) is 19.7. The van der Waals surface area contributed by atoms with Gasteiger partial charge in [-0.3, -0.25) is 14.9 Å². The van der Waals surface area contributed by atoms with Crippen molar-refractivity contribution in [2.75, 3.05) is 5.32 Å². The monoisotopic (exact) mass is 411 g/mol. The van der Waals surface area contributed by atoms with Crippen molar-refractivity contribution >= 4 is 40.1 Å². The van der Waals surface area contributed by atoms with E-state index in [-0.39, 0.29) is 11.6 Å². The van der Waals surface area contributed by atoms with E-state index in [9.17, 15) is 14.9 Å². The molecule has 10 heteroatoms. The van der Waals surface area contributed by atoms with Crippen LogP contribution in [0, 0.1) is 17.0 Å². The highest BCUT2D eigenvalue weighted by atomic mass is 32.1. The number of rotatable bonds is 5. The summed E-state index contributed by atoms with van der Waals surface area (Å²) < 4.78 is 1.53. The number of aromatic nitrogens is 3. The third-order valence-electron chi connectivity index (χ3n) is 3.85.